The van der Waals surface area contributed by atoms with Crippen LogP contribution in [-0.2, 0) is 9.53 Å². The molecule has 0 spiro atoms. The third kappa shape index (κ3) is 3.64. The molecule has 1 aromatic carbocycles. The van der Waals surface area contributed by atoms with Gasteiger partial charge in [0.25, 0.3) is 0 Å². The van der Waals surface area contributed by atoms with Gasteiger partial charge in [-0.25, -0.2) is 0 Å². The molecule has 1 aromatic rings. The molecule has 0 fully saturated rings. The molecular formula is C15H15NO2. The van der Waals surface area contributed by atoms with Gasteiger partial charge in [-0.05, 0) is 26.0 Å². The Morgan fingerprint density at radius 3 is 2.61 bits per heavy atom. The Bertz CT molecular complexity index is 505. The van der Waals surface area contributed by atoms with Gasteiger partial charge in [0, 0.05) is 12.0 Å². The molecular weight excluding hydrogens is 226 g/mol. The van der Waals surface area contributed by atoms with E-state index in [1.807, 2.05) is 36.4 Å². The zero-order valence-corrected chi connectivity index (χ0v) is 10.6. The van der Waals surface area contributed by atoms with E-state index in [0.29, 0.717) is 0 Å². The quantitative estimate of drug-likeness (QED) is 0.603. The Morgan fingerprint density at radius 2 is 2.06 bits per heavy atom. The van der Waals surface area contributed by atoms with Crippen LogP contribution in [0.1, 0.15) is 25.8 Å². The van der Waals surface area contributed by atoms with Gasteiger partial charge >= 0.3 is 5.97 Å². The average molecular weight is 241 g/mol. The average Bonchev–Trinajstić information content (AvgIpc) is 2.40. The highest BCUT2D eigenvalue weighted by molar-refractivity contribution is 5.80. The van der Waals surface area contributed by atoms with Crippen molar-refractivity contribution in [2.75, 3.05) is 6.61 Å². The number of nitriles is 1. The smallest absolute Gasteiger partial charge is 0.327 e. The maximum Gasteiger partial charge on any atom is 0.327 e. The van der Waals surface area contributed by atoms with Crippen molar-refractivity contribution in [1.29, 1.82) is 5.26 Å². The lowest BCUT2D eigenvalue weighted by Gasteiger charge is -2.15. The van der Waals surface area contributed by atoms with Crippen LogP contribution < -0.4 is 0 Å². The summed E-state index contributed by atoms with van der Waals surface area (Å²) in [6, 6.07) is 11.4. The molecule has 18 heavy (non-hydrogen) atoms. The highest BCUT2D eigenvalue weighted by Crippen LogP contribution is 2.21. The minimum absolute atomic E-state index is 0.164. The molecule has 3 heteroatoms. The first-order valence-electron chi connectivity index (χ1n) is 5.75. The van der Waals surface area contributed by atoms with Gasteiger partial charge in [0.05, 0.1) is 12.7 Å². The minimum Gasteiger partial charge on any atom is -0.465 e. The van der Waals surface area contributed by atoms with E-state index in [1.54, 1.807) is 13.8 Å². The molecule has 0 bridgehead atoms. The first-order valence-corrected chi connectivity index (χ1v) is 5.75. The van der Waals surface area contributed by atoms with Crippen LogP contribution in [0.25, 0.3) is 0 Å². The lowest BCUT2D eigenvalue weighted by Crippen LogP contribution is -2.27. The Labute approximate surface area is 107 Å². The van der Waals surface area contributed by atoms with Gasteiger partial charge in [0.15, 0.2) is 5.41 Å². The summed E-state index contributed by atoms with van der Waals surface area (Å²) in [4.78, 5) is 11.6. The molecule has 1 atom stereocenters. The predicted octanol–water partition coefficient (Wildman–Crippen LogP) is 2.52. The Morgan fingerprint density at radius 1 is 1.39 bits per heavy atom. The number of hydrogen-bond acceptors (Lipinski definition) is 3. The van der Waals surface area contributed by atoms with Crippen molar-refractivity contribution in [3.05, 3.63) is 35.9 Å². The summed E-state index contributed by atoms with van der Waals surface area (Å²) in [5.41, 5.74) is -0.334. The molecule has 0 aliphatic carbocycles. The highest BCUT2D eigenvalue weighted by atomic mass is 16.5. The zero-order valence-electron chi connectivity index (χ0n) is 10.6. The van der Waals surface area contributed by atoms with Gasteiger partial charge in [-0.1, -0.05) is 30.0 Å². The summed E-state index contributed by atoms with van der Waals surface area (Å²) >= 11 is 0. The van der Waals surface area contributed by atoms with Crippen LogP contribution >= 0.6 is 0 Å². The Kier molecular flexibility index (Phi) is 4.96. The van der Waals surface area contributed by atoms with Gasteiger partial charge in [-0.3, -0.25) is 4.79 Å². The number of esters is 1. The fraction of sp³-hybridized carbons (Fsp3) is 0.333. The molecule has 92 valence electrons. The Hall–Kier alpha value is -2.26. The predicted molar refractivity (Wildman–Crippen MR) is 68.3 cm³/mol. The summed E-state index contributed by atoms with van der Waals surface area (Å²) in [6.45, 7) is 3.53. The van der Waals surface area contributed by atoms with E-state index >= 15 is 0 Å². The Balaban J connectivity index is 2.74. The van der Waals surface area contributed by atoms with Crippen molar-refractivity contribution in [2.24, 2.45) is 5.41 Å². The fourth-order valence-corrected chi connectivity index (χ4v) is 1.29. The van der Waals surface area contributed by atoms with E-state index in [9.17, 15) is 4.79 Å². The lowest BCUT2D eigenvalue weighted by atomic mass is 9.89. The minimum atomic E-state index is -1.20. The van der Waals surface area contributed by atoms with E-state index in [-0.39, 0.29) is 13.0 Å². The van der Waals surface area contributed by atoms with Crippen molar-refractivity contribution in [1.82, 2.24) is 0 Å². The molecule has 0 heterocycles. The van der Waals surface area contributed by atoms with Crippen LogP contribution in [0.15, 0.2) is 30.3 Å². The van der Waals surface area contributed by atoms with E-state index in [1.165, 1.54) is 0 Å². The van der Waals surface area contributed by atoms with E-state index in [2.05, 4.69) is 11.8 Å². The third-order valence-electron chi connectivity index (χ3n) is 2.42. The second-order valence-corrected chi connectivity index (χ2v) is 4.01. The molecule has 0 aromatic heterocycles. The molecule has 0 aliphatic heterocycles. The summed E-state index contributed by atoms with van der Waals surface area (Å²) < 4.78 is 4.87. The summed E-state index contributed by atoms with van der Waals surface area (Å²) in [5.74, 6) is 5.26. The van der Waals surface area contributed by atoms with E-state index < -0.39 is 11.4 Å². The molecule has 3 nitrogen and oxygen atoms in total. The monoisotopic (exact) mass is 241 g/mol. The standard InChI is InChI=1S/C15H15NO2/c1-3-18-14(17)15(2,12-16)11-7-10-13-8-5-4-6-9-13/h4-6,8-9H,3,11H2,1-2H3. The second-order valence-electron chi connectivity index (χ2n) is 4.01. The van der Waals surface area contributed by atoms with Gasteiger partial charge in [0.1, 0.15) is 0 Å². The number of nitrogens with zero attached hydrogens (tertiary/aromatic N) is 1. The van der Waals surface area contributed by atoms with Gasteiger partial charge in [0.2, 0.25) is 0 Å². The lowest BCUT2D eigenvalue weighted by molar-refractivity contribution is -0.150. The van der Waals surface area contributed by atoms with Crippen LogP contribution in [0.2, 0.25) is 0 Å². The van der Waals surface area contributed by atoms with Gasteiger partial charge < -0.3 is 4.74 Å². The largest absolute Gasteiger partial charge is 0.465 e. The fourth-order valence-electron chi connectivity index (χ4n) is 1.29. The van der Waals surface area contributed by atoms with Crippen LogP contribution in [0, 0.1) is 28.6 Å². The molecule has 0 amide bonds. The summed E-state index contributed by atoms with van der Waals surface area (Å²) in [6.07, 6.45) is 0.164. The molecule has 1 rings (SSSR count). The van der Waals surface area contributed by atoms with Gasteiger partial charge in [-0.15, -0.1) is 0 Å². The first kappa shape index (κ1) is 13.8. The molecule has 0 N–H and O–H groups in total. The van der Waals surface area contributed by atoms with E-state index in [4.69, 9.17) is 10.00 Å². The number of ether oxygens (including phenoxy) is 1. The number of benzene rings is 1. The van der Waals surface area contributed by atoms with Crippen molar-refractivity contribution in [2.45, 2.75) is 20.3 Å². The van der Waals surface area contributed by atoms with E-state index in [0.717, 1.165) is 5.56 Å². The summed E-state index contributed by atoms with van der Waals surface area (Å²) in [7, 11) is 0. The maximum atomic E-state index is 11.6. The van der Waals surface area contributed by atoms with Crippen LogP contribution in [0.4, 0.5) is 0 Å². The zero-order chi connectivity index (χ0) is 13.4. The topological polar surface area (TPSA) is 50.1 Å². The number of hydrogen-bond donors (Lipinski definition) is 0. The van der Waals surface area contributed by atoms with Crippen LogP contribution in [-0.4, -0.2) is 12.6 Å². The van der Waals surface area contributed by atoms with Crippen LogP contribution in [0.3, 0.4) is 0 Å². The highest BCUT2D eigenvalue weighted by Gasteiger charge is 2.34. The molecule has 0 saturated heterocycles. The molecule has 1 unspecified atom stereocenters. The third-order valence-corrected chi connectivity index (χ3v) is 2.42. The number of rotatable bonds is 3. The normalized spacial score (nSPS) is 12.5. The van der Waals surface area contributed by atoms with Crippen molar-refractivity contribution in [3.63, 3.8) is 0 Å². The summed E-state index contributed by atoms with van der Waals surface area (Å²) in [5, 5.41) is 9.06. The molecule has 0 aliphatic rings. The first-order chi connectivity index (χ1) is 8.62. The van der Waals surface area contributed by atoms with Crippen LogP contribution in [0.5, 0.6) is 0 Å². The molecule has 0 radical (unpaired) electrons. The van der Waals surface area contributed by atoms with Crippen molar-refractivity contribution < 1.29 is 9.53 Å². The second kappa shape index (κ2) is 6.47. The van der Waals surface area contributed by atoms with Gasteiger partial charge in [-0.2, -0.15) is 5.26 Å². The van der Waals surface area contributed by atoms with Crippen molar-refractivity contribution in [3.8, 4) is 17.9 Å². The maximum absolute atomic E-state index is 11.6. The SMILES string of the molecule is CCOC(=O)C(C)(C#N)CC#Cc1ccccc1. The molecule has 0 saturated carbocycles. The van der Waals surface area contributed by atoms with Crippen molar-refractivity contribution >= 4 is 5.97 Å². The number of carbonyl (C=O) groups is 1. The number of carbonyl (C=O) groups excluding carboxylic acids is 1.